The number of fused-ring (bicyclic) bond motifs is 1. The third-order valence-electron chi connectivity index (χ3n) is 2.78. The fraction of sp³-hybridized carbons (Fsp3) is 0.0714. The highest BCUT2D eigenvalue weighted by Gasteiger charge is 2.04. The van der Waals surface area contributed by atoms with Crippen molar-refractivity contribution in [1.82, 2.24) is 14.4 Å². The molecule has 3 rings (SSSR count). The fourth-order valence-electron chi connectivity index (χ4n) is 1.91. The Labute approximate surface area is 104 Å². The molecule has 3 aromatic rings. The Hall–Kier alpha value is -2.67. The molecule has 0 atom stereocenters. The molecule has 0 spiro atoms. The second kappa shape index (κ2) is 4.30. The van der Waals surface area contributed by atoms with Gasteiger partial charge < -0.3 is 0 Å². The van der Waals surface area contributed by atoms with Gasteiger partial charge in [-0.05, 0) is 11.6 Å². The Morgan fingerprint density at radius 1 is 1.17 bits per heavy atom. The van der Waals surface area contributed by atoms with E-state index in [-0.39, 0.29) is 0 Å². The van der Waals surface area contributed by atoms with Crippen LogP contribution < -0.4 is 0 Å². The van der Waals surface area contributed by atoms with Crippen molar-refractivity contribution in [2.45, 2.75) is 6.42 Å². The van der Waals surface area contributed by atoms with Gasteiger partial charge in [-0.1, -0.05) is 30.3 Å². The van der Waals surface area contributed by atoms with Crippen molar-refractivity contribution in [1.29, 1.82) is 5.26 Å². The van der Waals surface area contributed by atoms with Gasteiger partial charge in [-0.25, -0.2) is 9.97 Å². The maximum atomic E-state index is 8.87. The number of hydrogen-bond acceptors (Lipinski definition) is 3. The van der Waals surface area contributed by atoms with Crippen molar-refractivity contribution >= 4 is 5.65 Å². The normalized spacial score (nSPS) is 10.4. The van der Waals surface area contributed by atoms with E-state index < -0.39 is 0 Å². The summed E-state index contributed by atoms with van der Waals surface area (Å²) in [6.45, 7) is 0. The average molecular weight is 234 g/mol. The molecule has 0 N–H and O–H groups in total. The third kappa shape index (κ3) is 1.82. The summed E-state index contributed by atoms with van der Waals surface area (Å²) >= 11 is 0. The largest absolute Gasteiger partial charge is 0.276 e. The van der Waals surface area contributed by atoms with E-state index in [9.17, 15) is 0 Å². The molecule has 2 aromatic heterocycles. The van der Waals surface area contributed by atoms with Gasteiger partial charge in [0.25, 0.3) is 0 Å². The fourth-order valence-corrected chi connectivity index (χ4v) is 1.91. The van der Waals surface area contributed by atoms with Gasteiger partial charge in [0.05, 0.1) is 6.20 Å². The molecule has 4 nitrogen and oxygen atoms in total. The maximum Gasteiger partial charge on any atom is 0.218 e. The molecule has 0 saturated heterocycles. The molecule has 4 heteroatoms. The first-order valence-electron chi connectivity index (χ1n) is 5.64. The van der Waals surface area contributed by atoms with Crippen molar-refractivity contribution in [3.05, 3.63) is 65.9 Å². The number of benzene rings is 1. The number of rotatable bonds is 2. The highest BCUT2D eigenvalue weighted by Crippen LogP contribution is 2.09. The van der Waals surface area contributed by atoms with Crippen LogP contribution in [0.25, 0.3) is 5.65 Å². The molecular formula is C14H10N4. The first kappa shape index (κ1) is 10.5. The molecule has 86 valence electrons. The van der Waals surface area contributed by atoms with Crippen LogP contribution >= 0.6 is 0 Å². The van der Waals surface area contributed by atoms with Crippen LogP contribution in [0.1, 0.15) is 17.1 Å². The first-order chi connectivity index (χ1) is 8.86. The van der Waals surface area contributed by atoms with Gasteiger partial charge >= 0.3 is 0 Å². The molecule has 0 bridgehead atoms. The van der Waals surface area contributed by atoms with Crippen LogP contribution in [0.2, 0.25) is 0 Å². The molecule has 18 heavy (non-hydrogen) atoms. The van der Waals surface area contributed by atoms with Gasteiger partial charge in [-0.3, -0.25) is 4.40 Å². The molecule has 0 aliphatic carbocycles. The number of hydrogen-bond donors (Lipinski definition) is 0. The second-order valence-corrected chi connectivity index (χ2v) is 4.00. The Morgan fingerprint density at radius 3 is 2.78 bits per heavy atom. The van der Waals surface area contributed by atoms with E-state index in [0.29, 0.717) is 11.5 Å². The smallest absolute Gasteiger partial charge is 0.218 e. The summed E-state index contributed by atoms with van der Waals surface area (Å²) in [6.07, 6.45) is 4.24. The number of nitriles is 1. The number of aromatic nitrogens is 3. The predicted molar refractivity (Wildman–Crippen MR) is 67.0 cm³/mol. The lowest BCUT2D eigenvalue weighted by Crippen LogP contribution is -1.96. The van der Waals surface area contributed by atoms with Crippen LogP contribution in [0.5, 0.6) is 0 Å². The zero-order valence-corrected chi connectivity index (χ0v) is 9.61. The molecule has 1 aromatic carbocycles. The van der Waals surface area contributed by atoms with E-state index >= 15 is 0 Å². The lowest BCUT2D eigenvalue weighted by atomic mass is 10.1. The van der Waals surface area contributed by atoms with E-state index in [2.05, 4.69) is 22.1 Å². The van der Waals surface area contributed by atoms with Crippen molar-refractivity contribution in [2.24, 2.45) is 0 Å². The van der Waals surface area contributed by atoms with Crippen molar-refractivity contribution in [2.75, 3.05) is 0 Å². The minimum atomic E-state index is 0.365. The average Bonchev–Trinajstić information content (AvgIpc) is 2.82. The molecule has 0 aliphatic heterocycles. The SMILES string of the molecule is N#Cc1ncc2nc(Cc3ccccc3)ccn12. The van der Waals surface area contributed by atoms with Gasteiger partial charge in [-0.2, -0.15) is 5.26 Å². The highest BCUT2D eigenvalue weighted by atomic mass is 15.1. The van der Waals surface area contributed by atoms with E-state index in [1.165, 1.54) is 5.56 Å². The molecule has 0 amide bonds. The molecule has 2 heterocycles. The van der Waals surface area contributed by atoms with E-state index in [1.807, 2.05) is 36.5 Å². The molecule has 0 unspecified atom stereocenters. The van der Waals surface area contributed by atoms with E-state index in [4.69, 9.17) is 5.26 Å². The Kier molecular flexibility index (Phi) is 2.50. The van der Waals surface area contributed by atoms with Gasteiger partial charge in [0.1, 0.15) is 6.07 Å². The summed E-state index contributed by atoms with van der Waals surface area (Å²) < 4.78 is 1.69. The van der Waals surface area contributed by atoms with Crippen molar-refractivity contribution in [3.63, 3.8) is 0 Å². The predicted octanol–water partition coefficient (Wildman–Crippen LogP) is 2.19. The summed E-state index contributed by atoms with van der Waals surface area (Å²) in [7, 11) is 0. The first-order valence-corrected chi connectivity index (χ1v) is 5.64. The summed E-state index contributed by atoms with van der Waals surface area (Å²) in [4.78, 5) is 8.49. The second-order valence-electron chi connectivity index (χ2n) is 4.00. The summed E-state index contributed by atoms with van der Waals surface area (Å²) in [5.74, 6) is 0.365. The van der Waals surface area contributed by atoms with Crippen LogP contribution in [-0.2, 0) is 6.42 Å². The Morgan fingerprint density at radius 2 is 2.00 bits per heavy atom. The molecular weight excluding hydrogens is 224 g/mol. The van der Waals surface area contributed by atoms with Gasteiger partial charge in [-0.15, -0.1) is 0 Å². The third-order valence-corrected chi connectivity index (χ3v) is 2.78. The number of imidazole rings is 1. The van der Waals surface area contributed by atoms with Gasteiger partial charge in [0, 0.05) is 18.3 Å². The minimum absolute atomic E-state index is 0.365. The zero-order valence-electron chi connectivity index (χ0n) is 9.61. The van der Waals surface area contributed by atoms with E-state index in [0.717, 1.165) is 12.1 Å². The Balaban J connectivity index is 1.97. The molecule has 0 saturated carbocycles. The van der Waals surface area contributed by atoms with Crippen LogP contribution in [0, 0.1) is 11.3 Å². The summed E-state index contributed by atoms with van der Waals surface area (Å²) in [6, 6.07) is 14.1. The molecule has 0 aliphatic rings. The van der Waals surface area contributed by atoms with Crippen molar-refractivity contribution in [3.8, 4) is 6.07 Å². The van der Waals surface area contributed by atoms with Crippen LogP contribution in [0.3, 0.4) is 0 Å². The minimum Gasteiger partial charge on any atom is -0.276 e. The number of nitrogens with zero attached hydrogens (tertiary/aromatic N) is 4. The zero-order chi connectivity index (χ0) is 12.4. The summed E-state index contributed by atoms with van der Waals surface area (Å²) in [5.41, 5.74) is 2.90. The standard InChI is InChI=1S/C14H10N4/c15-9-13-16-10-14-17-12(6-7-18(13)14)8-11-4-2-1-3-5-11/h1-7,10H,8H2. The monoisotopic (exact) mass is 234 g/mol. The van der Waals surface area contributed by atoms with Gasteiger partial charge in [0.15, 0.2) is 5.65 Å². The van der Waals surface area contributed by atoms with Crippen molar-refractivity contribution < 1.29 is 0 Å². The lowest BCUT2D eigenvalue weighted by Gasteiger charge is -2.02. The molecule has 0 fully saturated rings. The Bertz CT molecular complexity index is 722. The molecule has 0 radical (unpaired) electrons. The van der Waals surface area contributed by atoms with Crippen LogP contribution in [0.4, 0.5) is 0 Å². The topological polar surface area (TPSA) is 54.0 Å². The highest BCUT2D eigenvalue weighted by molar-refractivity contribution is 5.41. The van der Waals surface area contributed by atoms with Crippen LogP contribution in [-0.4, -0.2) is 14.4 Å². The van der Waals surface area contributed by atoms with Gasteiger partial charge in [0.2, 0.25) is 5.82 Å². The lowest BCUT2D eigenvalue weighted by molar-refractivity contribution is 1.01. The quantitative estimate of drug-likeness (QED) is 0.683. The van der Waals surface area contributed by atoms with Crippen LogP contribution in [0.15, 0.2) is 48.8 Å². The van der Waals surface area contributed by atoms with E-state index in [1.54, 1.807) is 10.6 Å². The maximum absolute atomic E-state index is 8.87. The summed E-state index contributed by atoms with van der Waals surface area (Å²) in [5, 5.41) is 8.87.